The molecule has 1 atom stereocenters. The number of rotatable bonds is 2. The summed E-state index contributed by atoms with van der Waals surface area (Å²) in [6.45, 7) is 6.71. The molecule has 2 fully saturated rings. The third-order valence-electron chi connectivity index (χ3n) is 3.24. The fourth-order valence-electron chi connectivity index (χ4n) is 2.20. The average Bonchev–Trinajstić information content (AvgIpc) is 2.63. The lowest BCUT2D eigenvalue weighted by Crippen LogP contribution is -2.45. The quantitative estimate of drug-likeness (QED) is 0.690. The number of piperidine rings is 1. The van der Waals surface area contributed by atoms with E-state index in [0.717, 1.165) is 32.5 Å². The van der Waals surface area contributed by atoms with Crippen molar-refractivity contribution in [2.24, 2.45) is 5.73 Å². The second-order valence-corrected chi connectivity index (χ2v) is 4.13. The Balaban J connectivity index is 1.87. The summed E-state index contributed by atoms with van der Waals surface area (Å²) in [6.07, 6.45) is 2.08. The van der Waals surface area contributed by atoms with Crippen LogP contribution in [-0.4, -0.2) is 49.6 Å². The highest BCUT2D eigenvalue weighted by Crippen LogP contribution is 2.33. The first-order chi connectivity index (χ1) is 6.78. The van der Waals surface area contributed by atoms with Crippen LogP contribution in [0.25, 0.3) is 0 Å². The van der Waals surface area contributed by atoms with Gasteiger partial charge in [-0.1, -0.05) is 6.92 Å². The van der Waals surface area contributed by atoms with Gasteiger partial charge in [-0.25, -0.2) is 0 Å². The van der Waals surface area contributed by atoms with Crippen molar-refractivity contribution < 1.29 is 9.47 Å². The van der Waals surface area contributed by atoms with Crippen molar-refractivity contribution in [3.05, 3.63) is 0 Å². The maximum Gasteiger partial charge on any atom is 0.171 e. The Labute approximate surface area is 85.3 Å². The summed E-state index contributed by atoms with van der Waals surface area (Å²) in [6, 6.07) is 0. The van der Waals surface area contributed by atoms with E-state index in [2.05, 4.69) is 11.8 Å². The summed E-state index contributed by atoms with van der Waals surface area (Å²) >= 11 is 0. The Morgan fingerprint density at radius 3 is 2.64 bits per heavy atom. The standard InChI is InChI=1S/C10H20N2O2/c1-2-12-5-3-10(4-6-12)13-8-9(7-11)14-10/h9H,2-8,11H2,1H3. The summed E-state index contributed by atoms with van der Waals surface area (Å²) in [4.78, 5) is 2.42. The van der Waals surface area contributed by atoms with Gasteiger partial charge in [0.2, 0.25) is 0 Å². The molecule has 4 nitrogen and oxygen atoms in total. The van der Waals surface area contributed by atoms with Crippen molar-refractivity contribution in [3.63, 3.8) is 0 Å². The van der Waals surface area contributed by atoms with Crippen LogP contribution in [0.2, 0.25) is 0 Å². The molecule has 0 aromatic carbocycles. The molecule has 2 N–H and O–H groups in total. The summed E-state index contributed by atoms with van der Waals surface area (Å²) in [5, 5.41) is 0. The predicted molar refractivity (Wildman–Crippen MR) is 54.0 cm³/mol. The molecule has 82 valence electrons. The van der Waals surface area contributed by atoms with Gasteiger partial charge >= 0.3 is 0 Å². The second-order valence-electron chi connectivity index (χ2n) is 4.13. The first kappa shape index (κ1) is 10.4. The minimum absolute atomic E-state index is 0.114. The fourth-order valence-corrected chi connectivity index (χ4v) is 2.20. The van der Waals surface area contributed by atoms with E-state index in [9.17, 15) is 0 Å². The van der Waals surface area contributed by atoms with Gasteiger partial charge in [0.25, 0.3) is 0 Å². The Kier molecular flexibility index (Phi) is 3.07. The van der Waals surface area contributed by atoms with Crippen LogP contribution < -0.4 is 5.73 Å². The van der Waals surface area contributed by atoms with Crippen LogP contribution >= 0.6 is 0 Å². The summed E-state index contributed by atoms with van der Waals surface area (Å²) < 4.78 is 11.6. The van der Waals surface area contributed by atoms with Gasteiger partial charge in [-0.2, -0.15) is 0 Å². The van der Waals surface area contributed by atoms with E-state index in [0.29, 0.717) is 13.2 Å². The van der Waals surface area contributed by atoms with Gasteiger partial charge in [-0.15, -0.1) is 0 Å². The van der Waals surface area contributed by atoms with Crippen molar-refractivity contribution in [2.45, 2.75) is 31.7 Å². The Morgan fingerprint density at radius 1 is 1.43 bits per heavy atom. The van der Waals surface area contributed by atoms with Crippen LogP contribution in [0.5, 0.6) is 0 Å². The van der Waals surface area contributed by atoms with Crippen LogP contribution in [0.3, 0.4) is 0 Å². The van der Waals surface area contributed by atoms with E-state index in [-0.39, 0.29) is 11.9 Å². The Bertz CT molecular complexity index is 191. The van der Waals surface area contributed by atoms with Crippen molar-refractivity contribution in [1.82, 2.24) is 4.90 Å². The molecular formula is C10H20N2O2. The molecule has 4 heteroatoms. The normalized spacial score (nSPS) is 32.6. The maximum atomic E-state index is 5.86. The van der Waals surface area contributed by atoms with Gasteiger partial charge in [0.1, 0.15) is 0 Å². The highest BCUT2D eigenvalue weighted by Gasteiger charge is 2.42. The molecular weight excluding hydrogens is 180 g/mol. The Hall–Kier alpha value is -0.160. The first-order valence-electron chi connectivity index (χ1n) is 5.52. The monoisotopic (exact) mass is 200 g/mol. The number of hydrogen-bond acceptors (Lipinski definition) is 4. The van der Waals surface area contributed by atoms with Gasteiger partial charge < -0.3 is 20.1 Å². The van der Waals surface area contributed by atoms with Crippen LogP contribution in [0.1, 0.15) is 19.8 Å². The van der Waals surface area contributed by atoms with Crippen molar-refractivity contribution in [1.29, 1.82) is 0 Å². The van der Waals surface area contributed by atoms with E-state index in [4.69, 9.17) is 15.2 Å². The lowest BCUT2D eigenvalue weighted by molar-refractivity contribution is -0.193. The minimum Gasteiger partial charge on any atom is -0.347 e. The molecule has 1 unspecified atom stereocenters. The van der Waals surface area contributed by atoms with Gasteiger partial charge in [0, 0.05) is 32.5 Å². The third kappa shape index (κ3) is 1.93. The number of ether oxygens (including phenoxy) is 2. The predicted octanol–water partition coefficient (Wildman–Crippen LogP) is 0.173. The third-order valence-corrected chi connectivity index (χ3v) is 3.24. The molecule has 14 heavy (non-hydrogen) atoms. The van der Waals surface area contributed by atoms with Crippen LogP contribution in [0, 0.1) is 0 Å². The van der Waals surface area contributed by atoms with E-state index in [1.807, 2.05) is 0 Å². The zero-order valence-electron chi connectivity index (χ0n) is 8.87. The minimum atomic E-state index is -0.296. The zero-order valence-corrected chi connectivity index (χ0v) is 8.87. The average molecular weight is 200 g/mol. The fraction of sp³-hybridized carbons (Fsp3) is 1.00. The van der Waals surface area contributed by atoms with Gasteiger partial charge in [-0.05, 0) is 6.54 Å². The van der Waals surface area contributed by atoms with Gasteiger partial charge in [-0.3, -0.25) is 0 Å². The molecule has 0 aromatic rings. The lowest BCUT2D eigenvalue weighted by atomic mass is 10.0. The van der Waals surface area contributed by atoms with Crippen molar-refractivity contribution in [2.75, 3.05) is 32.8 Å². The second kappa shape index (κ2) is 4.14. The van der Waals surface area contributed by atoms with Crippen molar-refractivity contribution in [3.8, 4) is 0 Å². The van der Waals surface area contributed by atoms with Crippen LogP contribution in [0.15, 0.2) is 0 Å². The first-order valence-corrected chi connectivity index (χ1v) is 5.52. The number of hydrogen-bond donors (Lipinski definition) is 1. The molecule has 2 aliphatic rings. The van der Waals surface area contributed by atoms with Gasteiger partial charge in [0.15, 0.2) is 5.79 Å². The highest BCUT2D eigenvalue weighted by atomic mass is 16.7. The molecule has 0 saturated carbocycles. The molecule has 0 bridgehead atoms. The maximum absolute atomic E-state index is 5.86. The topological polar surface area (TPSA) is 47.7 Å². The number of nitrogens with zero attached hydrogens (tertiary/aromatic N) is 1. The van der Waals surface area contributed by atoms with E-state index >= 15 is 0 Å². The Morgan fingerprint density at radius 2 is 2.14 bits per heavy atom. The molecule has 0 aliphatic carbocycles. The summed E-state index contributed by atoms with van der Waals surface area (Å²) in [7, 11) is 0. The van der Waals surface area contributed by atoms with Crippen LogP contribution in [-0.2, 0) is 9.47 Å². The van der Waals surface area contributed by atoms with Gasteiger partial charge in [0.05, 0.1) is 12.7 Å². The largest absolute Gasteiger partial charge is 0.347 e. The summed E-state index contributed by atoms with van der Waals surface area (Å²) in [5.74, 6) is -0.296. The molecule has 0 aromatic heterocycles. The zero-order chi connectivity index (χ0) is 10.0. The van der Waals surface area contributed by atoms with E-state index in [1.165, 1.54) is 0 Å². The molecule has 1 spiro atoms. The molecule has 2 heterocycles. The number of likely N-dealkylation sites (tertiary alicyclic amines) is 1. The molecule has 2 saturated heterocycles. The smallest absolute Gasteiger partial charge is 0.171 e. The molecule has 2 aliphatic heterocycles. The molecule has 2 rings (SSSR count). The lowest BCUT2D eigenvalue weighted by Gasteiger charge is -2.37. The van der Waals surface area contributed by atoms with Crippen LogP contribution in [0.4, 0.5) is 0 Å². The molecule has 0 radical (unpaired) electrons. The molecule has 0 amide bonds. The highest BCUT2D eigenvalue weighted by molar-refractivity contribution is 4.85. The SMILES string of the molecule is CCN1CCC2(CC1)OCC(CN)O2. The van der Waals surface area contributed by atoms with Crippen molar-refractivity contribution >= 4 is 0 Å². The van der Waals surface area contributed by atoms with E-state index in [1.54, 1.807) is 0 Å². The summed E-state index contributed by atoms with van der Waals surface area (Å²) in [5.41, 5.74) is 5.56. The number of nitrogens with two attached hydrogens (primary N) is 1. The van der Waals surface area contributed by atoms with E-state index < -0.39 is 0 Å².